The van der Waals surface area contributed by atoms with E-state index in [1.165, 1.54) is 26.2 Å². The van der Waals surface area contributed by atoms with Crippen molar-refractivity contribution in [3.05, 3.63) is 39.7 Å². The molecule has 0 spiro atoms. The van der Waals surface area contributed by atoms with Gasteiger partial charge in [-0.3, -0.25) is 14.9 Å². The van der Waals surface area contributed by atoms with E-state index in [1.54, 1.807) is 0 Å². The summed E-state index contributed by atoms with van der Waals surface area (Å²) in [5, 5.41) is 10.5. The summed E-state index contributed by atoms with van der Waals surface area (Å²) in [6, 6.07) is 3.70. The number of nitrogens with zero attached hydrogens (tertiary/aromatic N) is 1. The molecule has 6 heteroatoms. The zero-order valence-corrected chi connectivity index (χ0v) is 8.77. The molecule has 86 valence electrons. The van der Waals surface area contributed by atoms with Gasteiger partial charge in [-0.2, -0.15) is 4.39 Å². The van der Waals surface area contributed by atoms with E-state index in [4.69, 9.17) is 0 Å². The first kappa shape index (κ1) is 12.1. The third-order valence-electron chi connectivity index (χ3n) is 2.23. The second-order valence-corrected chi connectivity index (χ2v) is 3.18. The highest BCUT2D eigenvalue weighted by molar-refractivity contribution is 5.77. The van der Waals surface area contributed by atoms with Crippen LogP contribution in [0, 0.1) is 15.9 Å². The van der Waals surface area contributed by atoms with E-state index < -0.39 is 28.3 Å². The van der Waals surface area contributed by atoms with Crippen molar-refractivity contribution in [1.29, 1.82) is 0 Å². The van der Waals surface area contributed by atoms with Crippen molar-refractivity contribution in [2.75, 3.05) is 7.11 Å². The van der Waals surface area contributed by atoms with Crippen LogP contribution >= 0.6 is 0 Å². The number of rotatable bonds is 3. The summed E-state index contributed by atoms with van der Waals surface area (Å²) in [6.07, 6.45) is 0. The van der Waals surface area contributed by atoms with Gasteiger partial charge in [0, 0.05) is 11.6 Å². The van der Waals surface area contributed by atoms with Gasteiger partial charge in [0.2, 0.25) is 5.82 Å². The van der Waals surface area contributed by atoms with Crippen LogP contribution < -0.4 is 0 Å². The Morgan fingerprint density at radius 1 is 1.56 bits per heavy atom. The summed E-state index contributed by atoms with van der Waals surface area (Å²) in [7, 11) is 1.17. The van der Waals surface area contributed by atoms with Crippen molar-refractivity contribution in [2.45, 2.75) is 12.8 Å². The molecule has 0 bridgehead atoms. The summed E-state index contributed by atoms with van der Waals surface area (Å²) in [4.78, 5) is 20.8. The molecular weight excluding hydrogens is 217 g/mol. The fourth-order valence-corrected chi connectivity index (χ4v) is 1.32. The molecule has 0 fully saturated rings. The number of benzene rings is 1. The Bertz CT molecular complexity index is 433. The number of ether oxygens (including phenoxy) is 1. The zero-order valence-electron chi connectivity index (χ0n) is 8.77. The molecule has 0 aliphatic heterocycles. The summed E-state index contributed by atoms with van der Waals surface area (Å²) < 4.78 is 18.1. The molecule has 0 aliphatic carbocycles. The molecule has 0 amide bonds. The first-order valence-electron chi connectivity index (χ1n) is 4.49. The molecular formula is C10H10FNO4. The normalized spacial score (nSPS) is 11.9. The van der Waals surface area contributed by atoms with Gasteiger partial charge in [-0.25, -0.2) is 0 Å². The molecule has 0 aromatic heterocycles. The molecule has 16 heavy (non-hydrogen) atoms. The minimum atomic E-state index is -0.995. The van der Waals surface area contributed by atoms with Crippen LogP contribution in [-0.4, -0.2) is 18.0 Å². The number of hydrogen-bond donors (Lipinski definition) is 0. The minimum Gasteiger partial charge on any atom is -0.469 e. The smallest absolute Gasteiger partial charge is 0.312 e. The van der Waals surface area contributed by atoms with E-state index >= 15 is 0 Å². The van der Waals surface area contributed by atoms with E-state index in [1.807, 2.05) is 0 Å². The van der Waals surface area contributed by atoms with Crippen molar-refractivity contribution in [1.82, 2.24) is 0 Å². The summed E-state index contributed by atoms with van der Waals surface area (Å²) >= 11 is 0. The lowest BCUT2D eigenvalue weighted by Crippen LogP contribution is -2.13. The first-order chi connectivity index (χ1) is 7.49. The van der Waals surface area contributed by atoms with Gasteiger partial charge < -0.3 is 4.74 Å². The molecule has 1 aromatic rings. The van der Waals surface area contributed by atoms with Crippen LogP contribution in [0.15, 0.2) is 18.2 Å². The number of methoxy groups -OCH3 is 1. The van der Waals surface area contributed by atoms with Crippen LogP contribution in [-0.2, 0) is 9.53 Å². The van der Waals surface area contributed by atoms with Crippen molar-refractivity contribution >= 4 is 11.7 Å². The Morgan fingerprint density at radius 3 is 2.69 bits per heavy atom. The molecule has 5 nitrogen and oxygen atoms in total. The minimum absolute atomic E-state index is 0.0407. The van der Waals surface area contributed by atoms with Crippen LogP contribution in [0.3, 0.4) is 0 Å². The number of carbonyl (C=O) groups excluding carboxylic acids is 1. The molecule has 0 saturated carbocycles. The molecule has 0 aliphatic rings. The number of esters is 1. The number of halogens is 1. The van der Waals surface area contributed by atoms with Crippen LogP contribution in [0.5, 0.6) is 0 Å². The van der Waals surface area contributed by atoms with Gasteiger partial charge in [-0.15, -0.1) is 0 Å². The lowest BCUT2D eigenvalue weighted by molar-refractivity contribution is -0.387. The monoisotopic (exact) mass is 227 g/mol. The van der Waals surface area contributed by atoms with Crippen LogP contribution in [0.2, 0.25) is 0 Å². The van der Waals surface area contributed by atoms with Gasteiger partial charge in [0.25, 0.3) is 0 Å². The second-order valence-electron chi connectivity index (χ2n) is 3.18. The SMILES string of the molecule is COC(=O)C(C)c1cccc([N+](=O)[O-])c1F. The first-order valence-corrected chi connectivity index (χ1v) is 4.49. The fraction of sp³-hybridized carbons (Fsp3) is 0.300. The summed E-state index contributed by atoms with van der Waals surface area (Å²) in [6.45, 7) is 1.42. The van der Waals surface area contributed by atoms with Crippen molar-refractivity contribution in [2.24, 2.45) is 0 Å². The number of nitro benzene ring substituents is 1. The van der Waals surface area contributed by atoms with Crippen molar-refractivity contribution < 1.29 is 18.8 Å². The highest BCUT2D eigenvalue weighted by atomic mass is 19.1. The lowest BCUT2D eigenvalue weighted by Gasteiger charge is -2.09. The lowest BCUT2D eigenvalue weighted by atomic mass is 10.00. The Hall–Kier alpha value is -1.98. The quantitative estimate of drug-likeness (QED) is 0.450. The Kier molecular flexibility index (Phi) is 3.55. The molecule has 0 radical (unpaired) electrons. The van der Waals surface area contributed by atoms with Crippen LogP contribution in [0.1, 0.15) is 18.4 Å². The highest BCUT2D eigenvalue weighted by Crippen LogP contribution is 2.26. The van der Waals surface area contributed by atoms with Crippen molar-refractivity contribution in [3.63, 3.8) is 0 Å². The van der Waals surface area contributed by atoms with Gasteiger partial charge in [0.15, 0.2) is 0 Å². The van der Waals surface area contributed by atoms with Gasteiger partial charge >= 0.3 is 11.7 Å². The topological polar surface area (TPSA) is 69.4 Å². The molecule has 0 saturated heterocycles. The number of hydrogen-bond acceptors (Lipinski definition) is 4. The standard InChI is InChI=1S/C10H10FNO4/c1-6(10(13)16-2)7-4-3-5-8(9(7)11)12(14)15/h3-6H,1-2H3. The third-order valence-corrected chi connectivity index (χ3v) is 2.23. The number of nitro groups is 1. The molecule has 1 rings (SSSR count). The molecule has 1 atom stereocenters. The molecule has 1 unspecified atom stereocenters. The Balaban J connectivity index is 3.20. The molecule has 0 N–H and O–H groups in total. The predicted octanol–water partition coefficient (Wildman–Crippen LogP) is 2.01. The van der Waals surface area contributed by atoms with E-state index in [0.29, 0.717) is 0 Å². The Labute approximate surface area is 91.0 Å². The van der Waals surface area contributed by atoms with Crippen LogP contribution in [0.25, 0.3) is 0 Å². The zero-order chi connectivity index (χ0) is 12.3. The summed E-state index contributed by atoms with van der Waals surface area (Å²) in [5.74, 6) is -2.50. The van der Waals surface area contributed by atoms with E-state index in [-0.39, 0.29) is 5.56 Å². The molecule has 0 heterocycles. The molecule has 1 aromatic carbocycles. The van der Waals surface area contributed by atoms with E-state index in [0.717, 1.165) is 6.07 Å². The maximum absolute atomic E-state index is 13.6. The van der Waals surface area contributed by atoms with Crippen molar-refractivity contribution in [3.8, 4) is 0 Å². The average molecular weight is 227 g/mol. The fourth-order valence-electron chi connectivity index (χ4n) is 1.32. The second kappa shape index (κ2) is 4.69. The van der Waals surface area contributed by atoms with Gasteiger partial charge in [0.05, 0.1) is 18.0 Å². The third kappa shape index (κ3) is 2.16. The highest BCUT2D eigenvalue weighted by Gasteiger charge is 2.25. The predicted molar refractivity (Wildman–Crippen MR) is 53.5 cm³/mol. The van der Waals surface area contributed by atoms with E-state index in [2.05, 4.69) is 4.74 Å². The van der Waals surface area contributed by atoms with Gasteiger partial charge in [-0.1, -0.05) is 12.1 Å². The number of carbonyl (C=O) groups is 1. The largest absolute Gasteiger partial charge is 0.469 e. The maximum atomic E-state index is 13.6. The van der Waals surface area contributed by atoms with Gasteiger partial charge in [-0.05, 0) is 6.92 Å². The maximum Gasteiger partial charge on any atom is 0.312 e. The van der Waals surface area contributed by atoms with Gasteiger partial charge in [0.1, 0.15) is 0 Å². The summed E-state index contributed by atoms with van der Waals surface area (Å²) in [5.41, 5.74) is -0.686. The van der Waals surface area contributed by atoms with E-state index in [9.17, 15) is 19.3 Å². The van der Waals surface area contributed by atoms with Crippen LogP contribution in [0.4, 0.5) is 10.1 Å². The average Bonchev–Trinajstić information content (AvgIpc) is 2.27. The Morgan fingerprint density at radius 2 is 2.19 bits per heavy atom.